The van der Waals surface area contributed by atoms with Crippen molar-refractivity contribution in [2.75, 3.05) is 11.9 Å². The molecule has 0 spiro atoms. The number of carbonyl (C=O) groups is 1. The Kier molecular flexibility index (Phi) is 6.37. The highest BCUT2D eigenvalue weighted by Gasteiger charge is 2.02. The van der Waals surface area contributed by atoms with Gasteiger partial charge in [-0.05, 0) is 42.7 Å². The van der Waals surface area contributed by atoms with E-state index in [4.69, 9.17) is 5.73 Å². The quantitative estimate of drug-likeness (QED) is 0.564. The summed E-state index contributed by atoms with van der Waals surface area (Å²) in [6.45, 7) is 4.94. The molecule has 0 bridgehead atoms. The van der Waals surface area contributed by atoms with Gasteiger partial charge in [-0.1, -0.05) is 36.4 Å². The van der Waals surface area contributed by atoms with E-state index in [0.717, 1.165) is 22.4 Å². The lowest BCUT2D eigenvalue weighted by molar-refractivity contribution is -0.121. The Morgan fingerprint density at radius 1 is 1.08 bits per heavy atom. The third kappa shape index (κ3) is 6.12. The maximum absolute atomic E-state index is 11.8. The fraction of sp³-hybridized carbons (Fsp3) is 0.263. The minimum atomic E-state index is -0.0400. The van der Waals surface area contributed by atoms with Crippen LogP contribution in [0.1, 0.15) is 23.1 Å². The van der Waals surface area contributed by atoms with Crippen molar-refractivity contribution in [3.8, 4) is 0 Å². The second-order valence-corrected chi connectivity index (χ2v) is 5.78. The molecule has 0 aliphatic carbocycles. The average molecular weight is 324 g/mol. The van der Waals surface area contributed by atoms with Crippen LogP contribution in [-0.2, 0) is 11.3 Å². The van der Waals surface area contributed by atoms with Crippen LogP contribution in [0.2, 0.25) is 0 Å². The highest BCUT2D eigenvalue weighted by Crippen LogP contribution is 2.13. The molecule has 0 saturated heterocycles. The maximum atomic E-state index is 11.8. The van der Waals surface area contributed by atoms with E-state index in [-0.39, 0.29) is 5.91 Å². The van der Waals surface area contributed by atoms with Gasteiger partial charge in [-0.3, -0.25) is 9.79 Å². The van der Waals surface area contributed by atoms with Crippen molar-refractivity contribution in [1.82, 2.24) is 5.32 Å². The number of rotatable bonds is 6. The van der Waals surface area contributed by atoms with Crippen LogP contribution in [0.3, 0.4) is 0 Å². The third-order valence-corrected chi connectivity index (χ3v) is 3.45. The second-order valence-electron chi connectivity index (χ2n) is 5.78. The molecule has 2 rings (SSSR count). The summed E-state index contributed by atoms with van der Waals surface area (Å²) in [5, 5.41) is 5.92. The highest BCUT2D eigenvalue weighted by atomic mass is 16.1. The lowest BCUT2D eigenvalue weighted by Crippen LogP contribution is -2.25. The first kappa shape index (κ1) is 17.5. The van der Waals surface area contributed by atoms with Crippen LogP contribution in [0.25, 0.3) is 0 Å². The number of nitrogens with two attached hydrogens (primary N) is 1. The summed E-state index contributed by atoms with van der Waals surface area (Å²) in [5.41, 5.74) is 10.2. The van der Waals surface area contributed by atoms with Gasteiger partial charge in [0.1, 0.15) is 0 Å². The average Bonchev–Trinajstić information content (AvgIpc) is 2.53. The molecule has 2 aromatic rings. The van der Waals surface area contributed by atoms with E-state index in [1.54, 1.807) is 0 Å². The van der Waals surface area contributed by atoms with Crippen LogP contribution in [0.15, 0.2) is 53.5 Å². The number of aryl methyl sites for hydroxylation is 2. The molecule has 0 aliphatic heterocycles. The number of carbonyl (C=O) groups excluding carboxylic acids is 1. The Bertz CT molecular complexity index is 690. The molecular weight excluding hydrogens is 300 g/mol. The topological polar surface area (TPSA) is 79.5 Å². The number of amides is 1. The van der Waals surface area contributed by atoms with E-state index in [1.165, 1.54) is 0 Å². The van der Waals surface area contributed by atoms with Crippen molar-refractivity contribution < 1.29 is 4.79 Å². The van der Waals surface area contributed by atoms with Crippen LogP contribution >= 0.6 is 0 Å². The molecule has 24 heavy (non-hydrogen) atoms. The molecule has 0 saturated carbocycles. The fourth-order valence-electron chi connectivity index (χ4n) is 2.40. The number of benzene rings is 2. The zero-order valence-electron chi connectivity index (χ0n) is 14.2. The van der Waals surface area contributed by atoms with Gasteiger partial charge in [0.05, 0.1) is 6.54 Å². The number of nitrogens with zero attached hydrogens (tertiary/aromatic N) is 1. The van der Waals surface area contributed by atoms with Crippen LogP contribution in [0.4, 0.5) is 5.69 Å². The van der Waals surface area contributed by atoms with E-state index >= 15 is 0 Å². The van der Waals surface area contributed by atoms with Crippen LogP contribution in [0.5, 0.6) is 0 Å². The molecule has 0 heterocycles. The largest absolute Gasteiger partial charge is 0.370 e. The van der Waals surface area contributed by atoms with Crippen molar-refractivity contribution in [1.29, 1.82) is 0 Å². The summed E-state index contributed by atoms with van der Waals surface area (Å²) < 4.78 is 0. The number of anilines is 1. The molecule has 0 aliphatic rings. The first-order chi connectivity index (χ1) is 11.5. The molecule has 4 N–H and O–H groups in total. The summed E-state index contributed by atoms with van der Waals surface area (Å²) in [5.74, 6) is 0.276. The molecule has 0 unspecified atom stereocenters. The van der Waals surface area contributed by atoms with Crippen LogP contribution < -0.4 is 16.4 Å². The Morgan fingerprint density at radius 3 is 2.42 bits per heavy atom. The first-order valence-electron chi connectivity index (χ1n) is 7.99. The summed E-state index contributed by atoms with van der Waals surface area (Å²) in [4.78, 5) is 16.0. The van der Waals surface area contributed by atoms with Gasteiger partial charge in [0.15, 0.2) is 5.96 Å². The molecule has 0 atom stereocenters. The molecule has 2 aromatic carbocycles. The molecule has 0 fully saturated rings. The monoisotopic (exact) mass is 324 g/mol. The van der Waals surface area contributed by atoms with Crippen LogP contribution in [-0.4, -0.2) is 18.4 Å². The Labute approximate surface area is 143 Å². The van der Waals surface area contributed by atoms with Crippen molar-refractivity contribution in [2.45, 2.75) is 26.8 Å². The zero-order valence-corrected chi connectivity index (χ0v) is 14.2. The lowest BCUT2D eigenvalue weighted by Gasteiger charge is -2.08. The molecule has 1 amide bonds. The number of guanidine groups is 1. The standard InChI is InChI=1S/C19H24N4O/c1-14-10-15(2)12-17(11-14)23-19(20)21-9-8-18(24)22-13-16-6-4-3-5-7-16/h3-7,10-12H,8-9,13H2,1-2H3,(H,22,24)(H3,20,21,23). The molecule has 0 radical (unpaired) electrons. The van der Waals surface area contributed by atoms with Gasteiger partial charge in [-0.15, -0.1) is 0 Å². The van der Waals surface area contributed by atoms with E-state index in [1.807, 2.05) is 56.3 Å². The Balaban J connectivity index is 1.75. The molecule has 0 aromatic heterocycles. The molecular formula is C19H24N4O. The van der Waals surface area contributed by atoms with Gasteiger partial charge >= 0.3 is 0 Å². The number of nitrogens with one attached hydrogen (secondary N) is 2. The smallest absolute Gasteiger partial charge is 0.222 e. The van der Waals surface area contributed by atoms with Gasteiger partial charge in [0.25, 0.3) is 0 Å². The number of aliphatic imine (C=N–C) groups is 1. The van der Waals surface area contributed by atoms with Gasteiger partial charge in [-0.2, -0.15) is 0 Å². The van der Waals surface area contributed by atoms with Crippen molar-refractivity contribution >= 4 is 17.6 Å². The van der Waals surface area contributed by atoms with E-state index in [0.29, 0.717) is 25.5 Å². The minimum Gasteiger partial charge on any atom is -0.370 e. The van der Waals surface area contributed by atoms with Gasteiger partial charge < -0.3 is 16.4 Å². The third-order valence-electron chi connectivity index (χ3n) is 3.45. The predicted octanol–water partition coefficient (Wildman–Crippen LogP) is 2.74. The van der Waals surface area contributed by atoms with Gasteiger partial charge in [0.2, 0.25) is 5.91 Å². The van der Waals surface area contributed by atoms with E-state index < -0.39 is 0 Å². The summed E-state index contributed by atoms with van der Waals surface area (Å²) in [6.07, 6.45) is 0.308. The van der Waals surface area contributed by atoms with Gasteiger partial charge in [-0.25, -0.2) is 0 Å². The summed E-state index contributed by atoms with van der Waals surface area (Å²) in [6, 6.07) is 15.9. The normalized spacial score (nSPS) is 11.2. The van der Waals surface area contributed by atoms with Crippen molar-refractivity contribution in [3.63, 3.8) is 0 Å². The number of hydrogen-bond acceptors (Lipinski definition) is 2. The predicted molar refractivity (Wildman–Crippen MR) is 98.9 cm³/mol. The van der Waals surface area contributed by atoms with E-state index in [2.05, 4.69) is 21.7 Å². The summed E-state index contributed by atoms with van der Waals surface area (Å²) >= 11 is 0. The zero-order chi connectivity index (χ0) is 17.4. The van der Waals surface area contributed by atoms with Crippen molar-refractivity contribution in [2.24, 2.45) is 10.7 Å². The Morgan fingerprint density at radius 2 is 1.75 bits per heavy atom. The van der Waals surface area contributed by atoms with Crippen molar-refractivity contribution in [3.05, 3.63) is 65.2 Å². The highest BCUT2D eigenvalue weighted by molar-refractivity contribution is 5.92. The Hall–Kier alpha value is -2.82. The first-order valence-corrected chi connectivity index (χ1v) is 7.99. The second kappa shape index (κ2) is 8.72. The molecule has 5 heteroatoms. The molecule has 126 valence electrons. The lowest BCUT2D eigenvalue weighted by atomic mass is 10.1. The minimum absolute atomic E-state index is 0.0400. The fourth-order valence-corrected chi connectivity index (χ4v) is 2.40. The SMILES string of the molecule is Cc1cc(C)cc(NC(N)=NCCC(=O)NCc2ccccc2)c1. The van der Waals surface area contributed by atoms with Gasteiger partial charge in [0, 0.05) is 18.7 Å². The van der Waals surface area contributed by atoms with Crippen LogP contribution in [0, 0.1) is 13.8 Å². The maximum Gasteiger partial charge on any atom is 0.222 e. The number of hydrogen-bond donors (Lipinski definition) is 3. The van der Waals surface area contributed by atoms with E-state index in [9.17, 15) is 4.79 Å². The molecule has 5 nitrogen and oxygen atoms in total. The summed E-state index contributed by atoms with van der Waals surface area (Å²) in [7, 11) is 0.